The molecule has 0 aliphatic heterocycles. The SMILES string of the molecule is COc1n[nH]c2ccc(OC(F)(F)F)cc12. The molecular formula is C9H7F3N2O2. The third kappa shape index (κ3) is 2.02. The van der Waals surface area contributed by atoms with Gasteiger partial charge in [-0.3, -0.25) is 5.10 Å². The summed E-state index contributed by atoms with van der Waals surface area (Å²) in [5, 5.41) is 6.82. The molecule has 1 aromatic carbocycles. The molecular weight excluding hydrogens is 225 g/mol. The first-order valence-electron chi connectivity index (χ1n) is 4.27. The minimum Gasteiger partial charge on any atom is -0.480 e. The molecule has 0 amide bonds. The zero-order chi connectivity index (χ0) is 11.8. The van der Waals surface area contributed by atoms with E-state index in [2.05, 4.69) is 14.9 Å². The van der Waals surface area contributed by atoms with Gasteiger partial charge in [0.05, 0.1) is 18.0 Å². The molecule has 0 radical (unpaired) electrons. The van der Waals surface area contributed by atoms with Gasteiger partial charge in [0.1, 0.15) is 5.75 Å². The van der Waals surface area contributed by atoms with Gasteiger partial charge in [0.2, 0.25) is 5.88 Å². The fourth-order valence-corrected chi connectivity index (χ4v) is 1.32. The van der Waals surface area contributed by atoms with E-state index in [1.54, 1.807) is 0 Å². The number of ether oxygens (including phenoxy) is 2. The van der Waals surface area contributed by atoms with Gasteiger partial charge in [0.25, 0.3) is 0 Å². The number of alkyl halides is 3. The van der Waals surface area contributed by atoms with Crippen LogP contribution in [0.25, 0.3) is 10.9 Å². The topological polar surface area (TPSA) is 47.1 Å². The van der Waals surface area contributed by atoms with E-state index in [1.807, 2.05) is 0 Å². The Balaban J connectivity index is 2.42. The Morgan fingerprint density at radius 1 is 1.31 bits per heavy atom. The number of H-pyrrole nitrogens is 1. The molecule has 2 rings (SSSR count). The molecule has 4 nitrogen and oxygen atoms in total. The van der Waals surface area contributed by atoms with Crippen LogP contribution >= 0.6 is 0 Å². The van der Waals surface area contributed by atoms with Gasteiger partial charge < -0.3 is 9.47 Å². The molecule has 0 atom stereocenters. The third-order valence-electron chi connectivity index (χ3n) is 1.93. The maximum atomic E-state index is 12.0. The summed E-state index contributed by atoms with van der Waals surface area (Å²) in [5.74, 6) is -0.0812. The number of fused-ring (bicyclic) bond motifs is 1. The summed E-state index contributed by atoms with van der Waals surface area (Å²) in [5.41, 5.74) is 0.575. The van der Waals surface area contributed by atoms with Gasteiger partial charge in [-0.1, -0.05) is 0 Å². The number of nitrogens with one attached hydrogen (secondary N) is 1. The average molecular weight is 232 g/mol. The zero-order valence-corrected chi connectivity index (χ0v) is 8.13. The first-order chi connectivity index (χ1) is 7.49. The summed E-state index contributed by atoms with van der Waals surface area (Å²) in [6.45, 7) is 0. The van der Waals surface area contributed by atoms with E-state index in [0.717, 1.165) is 0 Å². The Labute approximate surface area is 88.0 Å². The van der Waals surface area contributed by atoms with Crippen LogP contribution in [0.3, 0.4) is 0 Å². The van der Waals surface area contributed by atoms with E-state index in [9.17, 15) is 13.2 Å². The summed E-state index contributed by atoms with van der Waals surface area (Å²) in [6.07, 6.45) is -4.70. The van der Waals surface area contributed by atoms with Crippen molar-refractivity contribution in [3.8, 4) is 11.6 Å². The van der Waals surface area contributed by atoms with Crippen LogP contribution in [0.5, 0.6) is 11.6 Å². The molecule has 0 bridgehead atoms. The molecule has 1 heterocycles. The highest BCUT2D eigenvalue weighted by Crippen LogP contribution is 2.29. The van der Waals surface area contributed by atoms with Crippen molar-refractivity contribution in [2.24, 2.45) is 0 Å². The number of hydrogen-bond acceptors (Lipinski definition) is 3. The molecule has 0 spiro atoms. The largest absolute Gasteiger partial charge is 0.573 e. The molecule has 0 saturated heterocycles. The molecule has 86 valence electrons. The van der Waals surface area contributed by atoms with Crippen LogP contribution in [0.2, 0.25) is 0 Å². The summed E-state index contributed by atoms with van der Waals surface area (Å²) < 4.78 is 44.6. The number of halogens is 3. The van der Waals surface area contributed by atoms with Crippen LogP contribution in [0.15, 0.2) is 18.2 Å². The molecule has 1 aromatic heterocycles. The fourth-order valence-electron chi connectivity index (χ4n) is 1.32. The molecule has 0 saturated carbocycles. The standard InChI is InChI=1S/C9H7F3N2O2/c1-15-8-6-4-5(16-9(10,11)12)2-3-7(6)13-14-8/h2-4H,1H3,(H,13,14). The molecule has 7 heteroatoms. The lowest BCUT2D eigenvalue weighted by Gasteiger charge is -2.08. The summed E-state index contributed by atoms with van der Waals surface area (Å²) in [4.78, 5) is 0. The van der Waals surface area contributed by atoms with Crippen molar-refractivity contribution in [2.75, 3.05) is 7.11 Å². The number of methoxy groups -OCH3 is 1. The van der Waals surface area contributed by atoms with Gasteiger partial charge in [-0.15, -0.1) is 18.3 Å². The Morgan fingerprint density at radius 3 is 2.69 bits per heavy atom. The highest BCUT2D eigenvalue weighted by Gasteiger charge is 2.31. The van der Waals surface area contributed by atoms with Crippen molar-refractivity contribution in [3.05, 3.63) is 18.2 Å². The Bertz CT molecular complexity index is 507. The Morgan fingerprint density at radius 2 is 2.06 bits per heavy atom. The van der Waals surface area contributed by atoms with Gasteiger partial charge in [0.15, 0.2) is 0 Å². The van der Waals surface area contributed by atoms with Crippen molar-refractivity contribution < 1.29 is 22.6 Å². The second-order valence-corrected chi connectivity index (χ2v) is 2.99. The molecule has 16 heavy (non-hydrogen) atoms. The quantitative estimate of drug-likeness (QED) is 0.865. The van der Waals surface area contributed by atoms with Crippen molar-refractivity contribution in [1.82, 2.24) is 10.2 Å². The predicted molar refractivity (Wildman–Crippen MR) is 49.3 cm³/mol. The minimum absolute atomic E-state index is 0.225. The van der Waals surface area contributed by atoms with Crippen LogP contribution in [-0.2, 0) is 0 Å². The second kappa shape index (κ2) is 3.58. The van der Waals surface area contributed by atoms with Gasteiger partial charge >= 0.3 is 6.36 Å². The Hall–Kier alpha value is -1.92. The van der Waals surface area contributed by atoms with Crippen molar-refractivity contribution in [2.45, 2.75) is 6.36 Å². The lowest BCUT2D eigenvalue weighted by molar-refractivity contribution is -0.274. The van der Waals surface area contributed by atoms with Crippen LogP contribution in [0, 0.1) is 0 Å². The number of rotatable bonds is 2. The summed E-state index contributed by atoms with van der Waals surface area (Å²) >= 11 is 0. The Kier molecular flexibility index (Phi) is 2.37. The normalized spacial score (nSPS) is 11.8. The first kappa shape index (κ1) is 10.6. The van der Waals surface area contributed by atoms with E-state index < -0.39 is 6.36 Å². The van der Waals surface area contributed by atoms with Crippen LogP contribution < -0.4 is 9.47 Å². The van der Waals surface area contributed by atoms with E-state index >= 15 is 0 Å². The predicted octanol–water partition coefficient (Wildman–Crippen LogP) is 2.47. The zero-order valence-electron chi connectivity index (χ0n) is 8.13. The number of benzene rings is 1. The molecule has 1 N–H and O–H groups in total. The lowest BCUT2D eigenvalue weighted by Crippen LogP contribution is -2.16. The maximum absolute atomic E-state index is 12.0. The first-order valence-corrected chi connectivity index (χ1v) is 4.27. The van der Waals surface area contributed by atoms with Gasteiger partial charge in [-0.05, 0) is 18.2 Å². The number of aromatic amines is 1. The highest BCUT2D eigenvalue weighted by molar-refractivity contribution is 5.85. The highest BCUT2D eigenvalue weighted by atomic mass is 19.4. The second-order valence-electron chi connectivity index (χ2n) is 2.99. The van der Waals surface area contributed by atoms with E-state index in [4.69, 9.17) is 4.74 Å². The third-order valence-corrected chi connectivity index (χ3v) is 1.93. The minimum atomic E-state index is -4.70. The van der Waals surface area contributed by atoms with E-state index in [-0.39, 0.29) is 11.6 Å². The molecule has 0 fully saturated rings. The average Bonchev–Trinajstić information content (AvgIpc) is 2.57. The monoisotopic (exact) mass is 232 g/mol. The summed E-state index contributed by atoms with van der Waals surface area (Å²) in [6, 6.07) is 3.85. The van der Waals surface area contributed by atoms with Crippen LogP contribution in [0.4, 0.5) is 13.2 Å². The van der Waals surface area contributed by atoms with Crippen LogP contribution in [-0.4, -0.2) is 23.7 Å². The van der Waals surface area contributed by atoms with Crippen molar-refractivity contribution >= 4 is 10.9 Å². The van der Waals surface area contributed by atoms with E-state index in [0.29, 0.717) is 10.9 Å². The fraction of sp³-hybridized carbons (Fsp3) is 0.222. The smallest absolute Gasteiger partial charge is 0.480 e. The van der Waals surface area contributed by atoms with E-state index in [1.165, 1.54) is 25.3 Å². The number of hydrogen-bond donors (Lipinski definition) is 1. The van der Waals surface area contributed by atoms with Gasteiger partial charge in [-0.2, -0.15) is 0 Å². The molecule has 2 aromatic rings. The summed E-state index contributed by atoms with van der Waals surface area (Å²) in [7, 11) is 1.38. The molecule has 0 aliphatic rings. The lowest BCUT2D eigenvalue weighted by atomic mass is 10.2. The number of aromatic nitrogens is 2. The van der Waals surface area contributed by atoms with Crippen LogP contribution in [0.1, 0.15) is 0 Å². The van der Waals surface area contributed by atoms with Crippen molar-refractivity contribution in [3.63, 3.8) is 0 Å². The molecule has 0 unspecified atom stereocenters. The van der Waals surface area contributed by atoms with Crippen molar-refractivity contribution in [1.29, 1.82) is 0 Å². The van der Waals surface area contributed by atoms with Gasteiger partial charge in [0, 0.05) is 0 Å². The number of nitrogens with zero attached hydrogens (tertiary/aromatic N) is 1. The maximum Gasteiger partial charge on any atom is 0.573 e. The van der Waals surface area contributed by atoms with Gasteiger partial charge in [-0.25, -0.2) is 0 Å². The molecule has 0 aliphatic carbocycles.